The van der Waals surface area contributed by atoms with Crippen LogP contribution in [0, 0.1) is 11.8 Å². The number of carbonyl (C=O) groups is 1. The molecule has 2 saturated heterocycles. The molecule has 2 unspecified atom stereocenters. The molecule has 18 heavy (non-hydrogen) atoms. The minimum absolute atomic E-state index is 0.0417. The van der Waals surface area contributed by atoms with Gasteiger partial charge in [0.15, 0.2) is 0 Å². The molecule has 0 aliphatic carbocycles. The maximum absolute atomic E-state index is 12.5. The van der Waals surface area contributed by atoms with Crippen molar-refractivity contribution in [2.45, 2.75) is 0 Å². The highest BCUT2D eigenvalue weighted by Crippen LogP contribution is 2.31. The number of hydrogen-bond donors (Lipinski definition) is 1. The molecule has 0 bridgehead atoms. The highest BCUT2D eigenvalue weighted by atomic mass is 35.5. The van der Waals surface area contributed by atoms with Crippen LogP contribution in [0.4, 0.5) is 0 Å². The lowest BCUT2D eigenvalue weighted by molar-refractivity contribution is 0.0782. The van der Waals surface area contributed by atoms with Gasteiger partial charge in [0.1, 0.15) is 0 Å². The zero-order valence-electron chi connectivity index (χ0n) is 9.83. The Morgan fingerprint density at radius 3 is 2.28 bits per heavy atom. The lowest BCUT2D eigenvalue weighted by Gasteiger charge is -2.19. The Bertz CT molecular complexity index is 460. The number of fused-ring (bicyclic) bond motifs is 1. The second kappa shape index (κ2) is 4.72. The molecule has 1 N–H and O–H groups in total. The molecular weight excluding hydrogens is 271 g/mol. The molecular formula is C13H14Cl2N2O. The topological polar surface area (TPSA) is 32.3 Å². The summed E-state index contributed by atoms with van der Waals surface area (Å²) >= 11 is 12.2. The number of carbonyl (C=O) groups excluding carboxylic acids is 1. The molecule has 1 aromatic carbocycles. The molecule has 96 valence electrons. The number of benzene rings is 1. The van der Waals surface area contributed by atoms with Gasteiger partial charge in [0.2, 0.25) is 0 Å². The Labute approximate surface area is 116 Å². The summed E-state index contributed by atoms with van der Waals surface area (Å²) in [7, 11) is 0. The molecule has 3 rings (SSSR count). The minimum Gasteiger partial charge on any atom is -0.338 e. The van der Waals surface area contributed by atoms with Gasteiger partial charge in [0, 0.05) is 26.2 Å². The van der Waals surface area contributed by atoms with Crippen molar-refractivity contribution < 1.29 is 4.79 Å². The average Bonchev–Trinajstić information content (AvgIpc) is 2.88. The van der Waals surface area contributed by atoms with E-state index in [-0.39, 0.29) is 5.91 Å². The Hall–Kier alpha value is -0.770. The summed E-state index contributed by atoms with van der Waals surface area (Å²) in [6, 6.07) is 5.17. The SMILES string of the molecule is O=C(c1c(Cl)cccc1Cl)N1CC2CNCC2C1. The van der Waals surface area contributed by atoms with E-state index in [4.69, 9.17) is 23.2 Å². The van der Waals surface area contributed by atoms with Crippen molar-refractivity contribution >= 4 is 29.1 Å². The third-order valence-corrected chi connectivity index (χ3v) is 4.48. The van der Waals surface area contributed by atoms with E-state index >= 15 is 0 Å². The van der Waals surface area contributed by atoms with Gasteiger partial charge in [-0.1, -0.05) is 29.3 Å². The third-order valence-electron chi connectivity index (χ3n) is 3.85. The molecule has 0 aromatic heterocycles. The van der Waals surface area contributed by atoms with Crippen LogP contribution in [0.5, 0.6) is 0 Å². The van der Waals surface area contributed by atoms with E-state index in [1.54, 1.807) is 18.2 Å². The van der Waals surface area contributed by atoms with Crippen LogP contribution >= 0.6 is 23.2 Å². The van der Waals surface area contributed by atoms with E-state index < -0.39 is 0 Å². The van der Waals surface area contributed by atoms with Gasteiger partial charge in [0.25, 0.3) is 5.91 Å². The first-order valence-corrected chi connectivity index (χ1v) is 6.86. The van der Waals surface area contributed by atoms with E-state index in [1.807, 2.05) is 4.90 Å². The zero-order valence-corrected chi connectivity index (χ0v) is 11.3. The quantitative estimate of drug-likeness (QED) is 0.858. The van der Waals surface area contributed by atoms with Crippen molar-refractivity contribution in [1.82, 2.24) is 10.2 Å². The van der Waals surface area contributed by atoms with Crippen molar-refractivity contribution in [1.29, 1.82) is 0 Å². The minimum atomic E-state index is -0.0417. The van der Waals surface area contributed by atoms with Crippen molar-refractivity contribution in [2.24, 2.45) is 11.8 Å². The third kappa shape index (κ3) is 2.00. The fourth-order valence-electron chi connectivity index (χ4n) is 2.88. The molecule has 2 atom stereocenters. The maximum Gasteiger partial charge on any atom is 0.256 e. The molecule has 0 spiro atoms. The van der Waals surface area contributed by atoms with Crippen LogP contribution in [0.3, 0.4) is 0 Å². The summed E-state index contributed by atoms with van der Waals surface area (Å²) in [6.45, 7) is 3.62. The van der Waals surface area contributed by atoms with Gasteiger partial charge < -0.3 is 10.2 Å². The molecule has 2 aliphatic heterocycles. The Morgan fingerprint density at radius 1 is 1.17 bits per heavy atom. The van der Waals surface area contributed by atoms with Gasteiger partial charge in [-0.05, 0) is 24.0 Å². The monoisotopic (exact) mass is 284 g/mol. The lowest BCUT2D eigenvalue weighted by atomic mass is 10.0. The molecule has 0 saturated carbocycles. The number of rotatable bonds is 1. The van der Waals surface area contributed by atoms with Crippen LogP contribution in [0.1, 0.15) is 10.4 Å². The smallest absolute Gasteiger partial charge is 0.256 e. The lowest BCUT2D eigenvalue weighted by Crippen LogP contribution is -2.32. The van der Waals surface area contributed by atoms with E-state index in [0.29, 0.717) is 27.4 Å². The molecule has 0 radical (unpaired) electrons. The maximum atomic E-state index is 12.5. The Balaban J connectivity index is 1.83. The molecule has 2 fully saturated rings. The molecule has 3 nitrogen and oxygen atoms in total. The van der Waals surface area contributed by atoms with Crippen LogP contribution in [-0.4, -0.2) is 37.0 Å². The number of halogens is 2. The number of amides is 1. The molecule has 1 aromatic rings. The summed E-state index contributed by atoms with van der Waals surface area (Å²) < 4.78 is 0. The first-order chi connectivity index (χ1) is 8.66. The second-order valence-corrected chi connectivity index (χ2v) is 5.80. The largest absolute Gasteiger partial charge is 0.338 e. The first-order valence-electron chi connectivity index (χ1n) is 6.11. The van der Waals surface area contributed by atoms with Gasteiger partial charge in [-0.25, -0.2) is 0 Å². The van der Waals surface area contributed by atoms with E-state index in [2.05, 4.69) is 5.32 Å². The number of hydrogen-bond acceptors (Lipinski definition) is 2. The predicted molar refractivity (Wildman–Crippen MR) is 72.2 cm³/mol. The molecule has 2 aliphatic rings. The summed E-state index contributed by atoms with van der Waals surface area (Å²) in [5, 5.41) is 4.22. The summed E-state index contributed by atoms with van der Waals surface area (Å²) in [6.07, 6.45) is 0. The van der Waals surface area contributed by atoms with Crippen molar-refractivity contribution in [3.8, 4) is 0 Å². The van der Waals surface area contributed by atoms with Crippen LogP contribution in [-0.2, 0) is 0 Å². The van der Waals surface area contributed by atoms with Gasteiger partial charge >= 0.3 is 0 Å². The van der Waals surface area contributed by atoms with E-state index in [0.717, 1.165) is 26.2 Å². The molecule has 1 amide bonds. The predicted octanol–water partition coefficient (Wildman–Crippen LogP) is 2.28. The summed E-state index contributed by atoms with van der Waals surface area (Å²) in [4.78, 5) is 14.3. The normalized spacial score (nSPS) is 26.4. The Morgan fingerprint density at radius 2 is 1.72 bits per heavy atom. The fourth-order valence-corrected chi connectivity index (χ4v) is 3.44. The van der Waals surface area contributed by atoms with Crippen molar-refractivity contribution in [3.63, 3.8) is 0 Å². The second-order valence-electron chi connectivity index (χ2n) is 4.99. The standard InChI is InChI=1S/C13H14Cl2N2O/c14-10-2-1-3-11(15)12(10)13(18)17-6-8-4-16-5-9(8)7-17/h1-3,8-9,16H,4-7H2. The van der Waals surface area contributed by atoms with Gasteiger partial charge in [-0.2, -0.15) is 0 Å². The number of likely N-dealkylation sites (tertiary alicyclic amines) is 1. The van der Waals surface area contributed by atoms with Gasteiger partial charge in [0.05, 0.1) is 15.6 Å². The fraction of sp³-hybridized carbons (Fsp3) is 0.462. The van der Waals surface area contributed by atoms with Crippen molar-refractivity contribution in [2.75, 3.05) is 26.2 Å². The highest BCUT2D eigenvalue weighted by molar-refractivity contribution is 6.39. The first kappa shape index (κ1) is 12.3. The Kier molecular flexibility index (Phi) is 3.22. The molecule has 5 heteroatoms. The van der Waals surface area contributed by atoms with E-state index in [9.17, 15) is 4.79 Å². The van der Waals surface area contributed by atoms with Crippen LogP contribution < -0.4 is 5.32 Å². The average molecular weight is 285 g/mol. The van der Waals surface area contributed by atoms with Crippen LogP contribution in [0.2, 0.25) is 10.0 Å². The summed E-state index contributed by atoms with van der Waals surface area (Å²) in [5.74, 6) is 1.12. The molecule has 2 heterocycles. The van der Waals surface area contributed by atoms with E-state index in [1.165, 1.54) is 0 Å². The zero-order chi connectivity index (χ0) is 12.7. The number of nitrogens with one attached hydrogen (secondary N) is 1. The summed E-state index contributed by atoms with van der Waals surface area (Å²) in [5.41, 5.74) is 0.439. The van der Waals surface area contributed by atoms with Gasteiger partial charge in [-0.15, -0.1) is 0 Å². The van der Waals surface area contributed by atoms with Crippen LogP contribution in [0.25, 0.3) is 0 Å². The van der Waals surface area contributed by atoms with Crippen molar-refractivity contribution in [3.05, 3.63) is 33.8 Å². The highest BCUT2D eigenvalue weighted by Gasteiger charge is 2.38. The van der Waals surface area contributed by atoms with Gasteiger partial charge in [-0.3, -0.25) is 4.79 Å². The van der Waals surface area contributed by atoms with Crippen LogP contribution in [0.15, 0.2) is 18.2 Å². The number of nitrogens with zero attached hydrogens (tertiary/aromatic N) is 1.